The number of aromatic amines is 1. The number of nitrogens with zero attached hydrogens (tertiary/aromatic N) is 1. The number of urea groups is 1. The Morgan fingerprint density at radius 1 is 1.00 bits per heavy atom. The van der Waals surface area contributed by atoms with Crippen LogP contribution in [0.25, 0.3) is 22.7 Å². The highest BCUT2D eigenvalue weighted by Gasteiger charge is 2.15. The number of carbonyl (C=O) groups excluding carboxylic acids is 1. The molecule has 4 N–H and O–H groups in total. The predicted molar refractivity (Wildman–Crippen MR) is 125 cm³/mol. The number of H-pyrrole nitrogens is 1. The second-order valence-corrected chi connectivity index (χ2v) is 7.56. The van der Waals surface area contributed by atoms with E-state index in [1.807, 2.05) is 18.2 Å². The topological polar surface area (TPSA) is 107 Å². The fourth-order valence-corrected chi connectivity index (χ4v) is 3.42. The Balaban J connectivity index is 1.68. The summed E-state index contributed by atoms with van der Waals surface area (Å²) < 4.78 is 0.908. The first-order chi connectivity index (χ1) is 15.0. The van der Waals surface area contributed by atoms with Crippen molar-refractivity contribution >= 4 is 62.0 Å². The Morgan fingerprint density at radius 3 is 2.45 bits per heavy atom. The Labute approximate surface area is 186 Å². The molecule has 0 fully saturated rings. The highest BCUT2D eigenvalue weighted by molar-refractivity contribution is 9.10. The van der Waals surface area contributed by atoms with Crippen LogP contribution in [-0.2, 0) is 4.79 Å². The van der Waals surface area contributed by atoms with Crippen LogP contribution in [0.5, 0.6) is 0 Å². The Hall–Kier alpha value is -3.91. The molecule has 0 aliphatic carbocycles. The molecule has 2 aromatic carbocycles. The molecular weight excluding hydrogens is 460 g/mol. The zero-order valence-corrected chi connectivity index (χ0v) is 17.7. The Morgan fingerprint density at radius 2 is 1.74 bits per heavy atom. The van der Waals surface area contributed by atoms with E-state index in [2.05, 4.69) is 36.5 Å². The third-order valence-corrected chi connectivity index (χ3v) is 5.10. The van der Waals surface area contributed by atoms with E-state index in [1.54, 1.807) is 60.9 Å². The van der Waals surface area contributed by atoms with Crippen molar-refractivity contribution in [3.05, 3.63) is 88.7 Å². The molecule has 8 heteroatoms. The summed E-state index contributed by atoms with van der Waals surface area (Å²) in [5.41, 5.74) is 2.99. The lowest BCUT2D eigenvalue weighted by atomic mass is 10.0. The molecule has 4 rings (SSSR count). The van der Waals surface area contributed by atoms with Gasteiger partial charge in [0.15, 0.2) is 0 Å². The number of rotatable bonds is 5. The molecular formula is C23H17BrN4O3. The van der Waals surface area contributed by atoms with Crippen LogP contribution in [0.4, 0.5) is 16.2 Å². The molecule has 4 aromatic rings. The average Bonchev–Trinajstić information content (AvgIpc) is 3.18. The van der Waals surface area contributed by atoms with Gasteiger partial charge in [-0.15, -0.1) is 0 Å². The number of amides is 2. The minimum absolute atomic E-state index is 0.135. The van der Waals surface area contributed by atoms with Crippen molar-refractivity contribution in [1.82, 2.24) is 9.97 Å². The maximum absolute atomic E-state index is 12.5. The lowest BCUT2D eigenvalue weighted by Crippen LogP contribution is -2.19. The number of pyridine rings is 1. The van der Waals surface area contributed by atoms with Crippen molar-refractivity contribution < 1.29 is 14.7 Å². The molecule has 0 aliphatic rings. The van der Waals surface area contributed by atoms with Crippen LogP contribution in [-0.4, -0.2) is 27.1 Å². The molecule has 0 bridgehead atoms. The van der Waals surface area contributed by atoms with Crippen LogP contribution in [0.15, 0.2) is 77.5 Å². The van der Waals surface area contributed by atoms with Crippen molar-refractivity contribution in [2.45, 2.75) is 0 Å². The lowest BCUT2D eigenvalue weighted by molar-refractivity contribution is -0.130. The molecule has 2 aromatic heterocycles. The molecule has 2 amide bonds. The van der Waals surface area contributed by atoms with Gasteiger partial charge in [-0.05, 0) is 42.0 Å². The number of nitrogens with one attached hydrogen (secondary N) is 3. The van der Waals surface area contributed by atoms with Crippen molar-refractivity contribution in [2.75, 3.05) is 10.6 Å². The number of anilines is 2. The first-order valence-electron chi connectivity index (χ1n) is 9.31. The van der Waals surface area contributed by atoms with Crippen LogP contribution in [0.3, 0.4) is 0 Å². The molecule has 0 aliphatic heterocycles. The summed E-state index contributed by atoms with van der Waals surface area (Å²) in [7, 11) is 0. The summed E-state index contributed by atoms with van der Waals surface area (Å²) in [5.74, 6) is -1.05. The van der Waals surface area contributed by atoms with E-state index in [4.69, 9.17) is 0 Å². The number of hydrogen-bond donors (Lipinski definition) is 4. The second kappa shape index (κ2) is 8.85. The molecule has 2 heterocycles. The molecule has 154 valence electrons. The zero-order chi connectivity index (χ0) is 21.8. The molecule has 0 saturated carbocycles. The van der Waals surface area contributed by atoms with Crippen LogP contribution in [0.2, 0.25) is 0 Å². The number of halogens is 1. The van der Waals surface area contributed by atoms with E-state index in [-0.39, 0.29) is 5.57 Å². The van der Waals surface area contributed by atoms with Crippen LogP contribution < -0.4 is 10.6 Å². The second-order valence-electron chi connectivity index (χ2n) is 6.64. The van der Waals surface area contributed by atoms with Gasteiger partial charge < -0.3 is 20.7 Å². The third-order valence-electron chi connectivity index (χ3n) is 4.57. The Bertz CT molecular complexity index is 1280. The molecule has 0 spiro atoms. The van der Waals surface area contributed by atoms with Gasteiger partial charge in [-0.2, -0.15) is 0 Å². The fourth-order valence-electron chi connectivity index (χ4n) is 3.16. The van der Waals surface area contributed by atoms with Crippen LogP contribution >= 0.6 is 15.9 Å². The van der Waals surface area contributed by atoms with Gasteiger partial charge in [-0.1, -0.05) is 46.3 Å². The maximum atomic E-state index is 12.5. The van der Waals surface area contributed by atoms with Crippen molar-refractivity contribution in [3.63, 3.8) is 0 Å². The van der Waals surface area contributed by atoms with Crippen molar-refractivity contribution in [2.24, 2.45) is 0 Å². The summed E-state index contributed by atoms with van der Waals surface area (Å²) in [6, 6.07) is 17.3. The largest absolute Gasteiger partial charge is 0.478 e. The van der Waals surface area contributed by atoms with Gasteiger partial charge in [0, 0.05) is 33.5 Å². The molecule has 7 nitrogen and oxygen atoms in total. The minimum atomic E-state index is -1.05. The fraction of sp³-hybridized carbons (Fsp3) is 0. The highest BCUT2D eigenvalue weighted by atomic mass is 79.9. The predicted octanol–water partition coefficient (Wildman–Crippen LogP) is 5.59. The Kier molecular flexibility index (Phi) is 5.81. The summed E-state index contributed by atoms with van der Waals surface area (Å²) in [5, 5.41) is 15.9. The zero-order valence-electron chi connectivity index (χ0n) is 16.1. The molecule has 0 atom stereocenters. The maximum Gasteiger partial charge on any atom is 0.336 e. The van der Waals surface area contributed by atoms with Gasteiger partial charge in [-0.25, -0.2) is 14.6 Å². The summed E-state index contributed by atoms with van der Waals surface area (Å²) >= 11 is 3.36. The third kappa shape index (κ3) is 4.65. The SMILES string of the molecule is O=C(Nc1ccc(Br)cc1)Nc1ccnc2[nH]cc(C=C(C(=O)O)c3ccccc3)c12. The first kappa shape index (κ1) is 20.4. The van der Waals surface area contributed by atoms with Gasteiger partial charge in [0.1, 0.15) is 5.65 Å². The molecule has 0 unspecified atom stereocenters. The van der Waals surface area contributed by atoms with E-state index in [0.717, 1.165) is 4.47 Å². The van der Waals surface area contributed by atoms with E-state index in [1.165, 1.54) is 0 Å². The highest BCUT2D eigenvalue weighted by Crippen LogP contribution is 2.29. The first-order valence-corrected chi connectivity index (χ1v) is 10.1. The van der Waals surface area contributed by atoms with Gasteiger partial charge in [0.05, 0.1) is 11.3 Å². The summed E-state index contributed by atoms with van der Waals surface area (Å²) in [4.78, 5) is 31.7. The van der Waals surface area contributed by atoms with Crippen molar-refractivity contribution in [3.8, 4) is 0 Å². The number of carbonyl (C=O) groups is 2. The smallest absolute Gasteiger partial charge is 0.336 e. The van der Waals surface area contributed by atoms with Gasteiger partial charge >= 0.3 is 12.0 Å². The summed E-state index contributed by atoms with van der Waals surface area (Å²) in [6.07, 6.45) is 4.80. The molecule has 0 saturated heterocycles. The standard InChI is InChI=1S/C23H17BrN4O3/c24-16-6-8-17(9-7-16)27-23(31)28-19-10-11-25-21-20(19)15(13-26-21)12-18(22(29)30)14-4-2-1-3-5-14/h1-13H,(H,29,30)(H3,25,26,27,28,31). The monoisotopic (exact) mass is 476 g/mol. The van der Waals surface area contributed by atoms with Crippen molar-refractivity contribution in [1.29, 1.82) is 0 Å². The minimum Gasteiger partial charge on any atom is -0.478 e. The number of carboxylic acids is 1. The number of fused-ring (bicyclic) bond motifs is 1. The van der Waals surface area contributed by atoms with E-state index in [0.29, 0.717) is 33.5 Å². The number of aromatic nitrogens is 2. The summed E-state index contributed by atoms with van der Waals surface area (Å²) in [6.45, 7) is 0. The van der Waals surface area contributed by atoms with Crippen LogP contribution in [0.1, 0.15) is 11.1 Å². The molecule has 0 radical (unpaired) electrons. The van der Waals surface area contributed by atoms with E-state index < -0.39 is 12.0 Å². The number of carboxylic acid groups (broad SMARTS) is 1. The number of aliphatic carboxylic acids is 1. The molecule has 31 heavy (non-hydrogen) atoms. The quantitative estimate of drug-likeness (QED) is 0.281. The average molecular weight is 477 g/mol. The van der Waals surface area contributed by atoms with Gasteiger partial charge in [0.25, 0.3) is 0 Å². The van der Waals surface area contributed by atoms with E-state index >= 15 is 0 Å². The lowest BCUT2D eigenvalue weighted by Gasteiger charge is -2.09. The number of hydrogen-bond acceptors (Lipinski definition) is 3. The van der Waals surface area contributed by atoms with E-state index in [9.17, 15) is 14.7 Å². The van der Waals surface area contributed by atoms with Gasteiger partial charge in [-0.3, -0.25) is 0 Å². The van der Waals surface area contributed by atoms with Crippen LogP contribution in [0, 0.1) is 0 Å². The normalized spacial score (nSPS) is 11.3. The number of benzene rings is 2. The van der Waals surface area contributed by atoms with Gasteiger partial charge in [0.2, 0.25) is 0 Å².